The Kier molecular flexibility index (Phi) is 8.32. The molecule has 0 amide bonds. The summed E-state index contributed by atoms with van der Waals surface area (Å²) < 4.78 is 0. The molecule has 1 aliphatic carbocycles. The summed E-state index contributed by atoms with van der Waals surface area (Å²) in [5, 5.41) is 2.01. The van der Waals surface area contributed by atoms with Gasteiger partial charge in [0.05, 0.1) is 0 Å². The van der Waals surface area contributed by atoms with Gasteiger partial charge in [0.1, 0.15) is 0 Å². The van der Waals surface area contributed by atoms with Crippen molar-refractivity contribution in [1.29, 1.82) is 0 Å². The lowest BCUT2D eigenvalue weighted by Gasteiger charge is -2.21. The summed E-state index contributed by atoms with van der Waals surface area (Å²) >= 11 is 0. The van der Waals surface area contributed by atoms with Crippen LogP contribution in [0.15, 0.2) is 48.5 Å². The van der Waals surface area contributed by atoms with Gasteiger partial charge in [-0.3, -0.25) is 9.59 Å². The van der Waals surface area contributed by atoms with Crippen molar-refractivity contribution in [3.63, 3.8) is 0 Å². The van der Waals surface area contributed by atoms with Gasteiger partial charge >= 0.3 is 0 Å². The van der Waals surface area contributed by atoms with Gasteiger partial charge < -0.3 is 0 Å². The molecule has 0 aliphatic heterocycles. The van der Waals surface area contributed by atoms with E-state index in [2.05, 4.69) is 26.0 Å². The highest BCUT2D eigenvalue weighted by Gasteiger charge is 2.31. The smallest absolute Gasteiger partial charge is 0.194 e. The predicted molar refractivity (Wildman–Crippen MR) is 142 cm³/mol. The van der Waals surface area contributed by atoms with Gasteiger partial charge in [0.25, 0.3) is 0 Å². The molecule has 0 spiro atoms. The molecule has 0 saturated heterocycles. The fourth-order valence-corrected chi connectivity index (χ4v) is 5.27. The number of fused-ring (bicyclic) bond motifs is 3. The molecule has 0 saturated carbocycles. The van der Waals surface area contributed by atoms with Crippen LogP contribution < -0.4 is 0 Å². The number of aryl methyl sites for hydroxylation is 2. The second-order valence-corrected chi connectivity index (χ2v) is 9.90. The Balaban J connectivity index is 1.65. The van der Waals surface area contributed by atoms with Crippen molar-refractivity contribution in [1.82, 2.24) is 0 Å². The molecule has 3 aromatic carbocycles. The summed E-state index contributed by atoms with van der Waals surface area (Å²) in [5.41, 5.74) is 4.86. The van der Waals surface area contributed by atoms with Crippen LogP contribution in [-0.2, 0) is 12.8 Å². The van der Waals surface area contributed by atoms with Crippen molar-refractivity contribution in [2.75, 3.05) is 0 Å². The Morgan fingerprint density at radius 1 is 0.500 bits per heavy atom. The summed E-state index contributed by atoms with van der Waals surface area (Å²) in [6.45, 7) is 4.48. The Bertz CT molecular complexity index is 1080. The zero-order valence-electron chi connectivity index (χ0n) is 20.9. The van der Waals surface area contributed by atoms with Gasteiger partial charge in [-0.05, 0) is 71.8 Å². The zero-order valence-corrected chi connectivity index (χ0v) is 20.9. The summed E-state index contributed by atoms with van der Waals surface area (Å²) in [4.78, 5) is 27.1. The molecule has 0 aromatic heterocycles. The number of hydrogen-bond acceptors (Lipinski definition) is 2. The van der Waals surface area contributed by atoms with Crippen molar-refractivity contribution >= 4 is 22.3 Å². The second-order valence-electron chi connectivity index (χ2n) is 9.90. The van der Waals surface area contributed by atoms with E-state index >= 15 is 0 Å². The van der Waals surface area contributed by atoms with E-state index in [0.717, 1.165) is 36.5 Å². The van der Waals surface area contributed by atoms with Crippen molar-refractivity contribution < 1.29 is 9.59 Å². The highest BCUT2D eigenvalue weighted by Crippen LogP contribution is 2.33. The van der Waals surface area contributed by atoms with Crippen molar-refractivity contribution in [2.24, 2.45) is 0 Å². The van der Waals surface area contributed by atoms with Gasteiger partial charge in [0.15, 0.2) is 11.6 Å². The summed E-state index contributed by atoms with van der Waals surface area (Å²) in [7, 11) is 0. The lowest BCUT2D eigenvalue weighted by molar-refractivity contribution is 0.0979. The Labute approximate surface area is 204 Å². The maximum absolute atomic E-state index is 13.6. The lowest BCUT2D eigenvalue weighted by atomic mass is 9.80. The largest absolute Gasteiger partial charge is 0.289 e. The molecule has 1 aliphatic rings. The molecule has 0 unspecified atom stereocenters. The Hall–Kier alpha value is -2.74. The van der Waals surface area contributed by atoms with Crippen LogP contribution in [0.2, 0.25) is 0 Å². The van der Waals surface area contributed by atoms with E-state index in [-0.39, 0.29) is 11.6 Å². The summed E-state index contributed by atoms with van der Waals surface area (Å²) in [5.74, 6) is -0.00540. The minimum Gasteiger partial charge on any atom is -0.289 e. The normalized spacial score (nSPS) is 12.8. The third-order valence-corrected chi connectivity index (χ3v) is 7.30. The third-order valence-electron chi connectivity index (χ3n) is 7.30. The summed E-state index contributed by atoms with van der Waals surface area (Å²) in [6, 6.07) is 15.9. The van der Waals surface area contributed by atoms with Crippen LogP contribution in [-0.4, -0.2) is 11.6 Å². The second kappa shape index (κ2) is 11.6. The maximum Gasteiger partial charge on any atom is 0.194 e. The quantitative estimate of drug-likeness (QED) is 0.201. The average molecular weight is 455 g/mol. The molecule has 0 fully saturated rings. The van der Waals surface area contributed by atoms with Crippen LogP contribution in [0.1, 0.15) is 121 Å². The van der Waals surface area contributed by atoms with E-state index < -0.39 is 0 Å². The van der Waals surface area contributed by atoms with Crippen LogP contribution in [0.25, 0.3) is 10.8 Å². The van der Waals surface area contributed by atoms with E-state index in [1.165, 1.54) is 62.5 Å². The molecule has 178 valence electrons. The number of benzene rings is 3. The molecule has 0 bridgehead atoms. The van der Waals surface area contributed by atoms with Crippen LogP contribution in [0.3, 0.4) is 0 Å². The number of hydrogen-bond donors (Lipinski definition) is 0. The fraction of sp³-hybridized carbons (Fsp3) is 0.438. The molecule has 0 radical (unpaired) electrons. The molecular formula is C32H38O2. The molecule has 34 heavy (non-hydrogen) atoms. The van der Waals surface area contributed by atoms with E-state index in [1.54, 1.807) is 0 Å². The van der Waals surface area contributed by atoms with Gasteiger partial charge in [-0.1, -0.05) is 89.5 Å². The van der Waals surface area contributed by atoms with Crippen molar-refractivity contribution in [2.45, 2.75) is 90.9 Å². The monoisotopic (exact) mass is 454 g/mol. The topological polar surface area (TPSA) is 34.1 Å². The molecule has 0 N–H and O–H groups in total. The Morgan fingerprint density at radius 2 is 0.882 bits per heavy atom. The molecule has 4 rings (SSSR count). The number of unbranched alkanes of at least 4 members (excludes halogenated alkanes) is 8. The first-order valence-electron chi connectivity index (χ1n) is 13.4. The van der Waals surface area contributed by atoms with Gasteiger partial charge in [0.2, 0.25) is 0 Å². The van der Waals surface area contributed by atoms with Gasteiger partial charge in [0, 0.05) is 22.3 Å². The molecule has 0 heterocycles. The fourth-order valence-electron chi connectivity index (χ4n) is 5.27. The minimum atomic E-state index is -0.00270. The predicted octanol–water partition coefficient (Wildman–Crippen LogP) is 8.64. The number of carbonyl (C=O) groups excluding carboxylic acids is 2. The highest BCUT2D eigenvalue weighted by atomic mass is 16.1. The van der Waals surface area contributed by atoms with Crippen molar-refractivity contribution in [3.05, 3.63) is 81.9 Å². The zero-order chi connectivity index (χ0) is 23.9. The van der Waals surface area contributed by atoms with E-state index in [1.807, 2.05) is 36.4 Å². The van der Waals surface area contributed by atoms with E-state index in [4.69, 9.17) is 0 Å². The number of ketones is 2. The van der Waals surface area contributed by atoms with Gasteiger partial charge in [-0.25, -0.2) is 0 Å². The first-order chi connectivity index (χ1) is 16.6. The molecule has 2 nitrogen and oxygen atoms in total. The number of carbonyl (C=O) groups is 2. The van der Waals surface area contributed by atoms with Gasteiger partial charge in [-0.2, -0.15) is 0 Å². The average Bonchev–Trinajstić information content (AvgIpc) is 2.86. The third kappa shape index (κ3) is 5.32. The molecule has 3 aromatic rings. The molecule has 2 heteroatoms. The SMILES string of the molecule is CCCCCCCc1cc2c(cc1CCCCCCC)C(=O)c1cc3ccccc3cc1C2=O. The maximum atomic E-state index is 13.6. The van der Waals surface area contributed by atoms with Crippen LogP contribution >= 0.6 is 0 Å². The van der Waals surface area contributed by atoms with Crippen LogP contribution in [0.5, 0.6) is 0 Å². The first-order valence-corrected chi connectivity index (χ1v) is 13.4. The molecule has 0 atom stereocenters. The summed E-state index contributed by atoms with van der Waals surface area (Å²) in [6.07, 6.45) is 14.3. The minimum absolute atomic E-state index is 0.00270. The first kappa shape index (κ1) is 24.4. The van der Waals surface area contributed by atoms with Crippen molar-refractivity contribution in [3.8, 4) is 0 Å². The highest BCUT2D eigenvalue weighted by molar-refractivity contribution is 6.29. The Morgan fingerprint density at radius 3 is 1.29 bits per heavy atom. The van der Waals surface area contributed by atoms with E-state index in [0.29, 0.717) is 22.3 Å². The van der Waals surface area contributed by atoms with E-state index in [9.17, 15) is 9.59 Å². The molecular weight excluding hydrogens is 416 g/mol. The number of rotatable bonds is 12. The van der Waals surface area contributed by atoms with Crippen LogP contribution in [0, 0.1) is 0 Å². The standard InChI is InChI=1S/C32H38O2/c1-3-5-7-9-11-15-23-19-27-28(20-24(23)16-12-10-8-6-4-2)32(34)30-22-26-18-14-13-17-25(26)21-29(30)31(27)33/h13-14,17-22H,3-12,15-16H2,1-2H3. The van der Waals surface area contributed by atoms with Gasteiger partial charge in [-0.15, -0.1) is 0 Å². The lowest BCUT2D eigenvalue weighted by Crippen LogP contribution is -2.22. The van der Waals surface area contributed by atoms with Crippen LogP contribution in [0.4, 0.5) is 0 Å².